The lowest BCUT2D eigenvalue weighted by atomic mass is 10.0. The summed E-state index contributed by atoms with van der Waals surface area (Å²) in [4.78, 5) is 2.40. The minimum Gasteiger partial charge on any atom is -0.504 e. The highest BCUT2D eigenvalue weighted by Gasteiger charge is 2.19. The van der Waals surface area contributed by atoms with Gasteiger partial charge in [0.2, 0.25) is 0 Å². The Bertz CT molecular complexity index is 390. The fraction of sp³-hybridized carbons (Fsp3) is 0.625. The normalized spacial score (nSPS) is 12.7. The molecule has 0 bridgehead atoms. The van der Waals surface area contributed by atoms with Gasteiger partial charge >= 0.3 is 0 Å². The third-order valence-electron chi connectivity index (χ3n) is 3.35. The zero-order valence-electron chi connectivity index (χ0n) is 12.9. The molecule has 1 aromatic carbocycles. The van der Waals surface area contributed by atoms with Crippen LogP contribution in [0.3, 0.4) is 0 Å². The van der Waals surface area contributed by atoms with E-state index in [0.717, 1.165) is 31.5 Å². The number of phenols is 1. The van der Waals surface area contributed by atoms with Crippen LogP contribution in [-0.2, 0) is 0 Å². The first-order valence-electron chi connectivity index (χ1n) is 7.57. The average Bonchev–Trinajstić information content (AvgIpc) is 2.44. The van der Waals surface area contributed by atoms with Gasteiger partial charge in [-0.3, -0.25) is 4.90 Å². The Morgan fingerprint density at radius 2 is 1.85 bits per heavy atom. The highest BCUT2D eigenvalue weighted by Crippen LogP contribution is 2.31. The molecule has 0 saturated heterocycles. The monoisotopic (exact) mass is 280 g/mol. The van der Waals surface area contributed by atoms with Crippen molar-refractivity contribution in [3.63, 3.8) is 0 Å². The van der Waals surface area contributed by atoms with Gasteiger partial charge in [-0.05, 0) is 50.6 Å². The van der Waals surface area contributed by atoms with E-state index < -0.39 is 0 Å². The van der Waals surface area contributed by atoms with Crippen LogP contribution in [0, 0.1) is 0 Å². The van der Waals surface area contributed by atoms with Crippen LogP contribution in [-0.4, -0.2) is 36.2 Å². The predicted octanol–water partition coefficient (Wildman–Crippen LogP) is 2.91. The largest absolute Gasteiger partial charge is 0.504 e. The molecule has 0 radical (unpaired) electrons. The minimum absolute atomic E-state index is 0.176. The molecule has 1 rings (SSSR count). The molecular formula is C16H28N2O2. The first-order valence-corrected chi connectivity index (χ1v) is 7.57. The number of hydrogen-bond acceptors (Lipinski definition) is 4. The van der Waals surface area contributed by atoms with E-state index in [2.05, 4.69) is 18.7 Å². The summed E-state index contributed by atoms with van der Waals surface area (Å²) in [6.45, 7) is 9.43. The smallest absolute Gasteiger partial charge is 0.161 e. The van der Waals surface area contributed by atoms with E-state index in [9.17, 15) is 5.11 Å². The Morgan fingerprint density at radius 3 is 2.35 bits per heavy atom. The van der Waals surface area contributed by atoms with Crippen LogP contribution >= 0.6 is 0 Å². The molecular weight excluding hydrogens is 252 g/mol. The number of phenolic OH excluding ortho intramolecular Hbond substituents is 1. The van der Waals surface area contributed by atoms with Crippen molar-refractivity contribution in [3.8, 4) is 11.5 Å². The molecule has 4 nitrogen and oxygen atoms in total. The van der Waals surface area contributed by atoms with Crippen molar-refractivity contribution in [2.45, 2.75) is 39.7 Å². The third kappa shape index (κ3) is 4.39. The van der Waals surface area contributed by atoms with Crippen molar-refractivity contribution in [1.82, 2.24) is 4.90 Å². The standard InChI is InChI=1S/C16H28N2O2/c1-4-9-18(10-5-2)14(12-17)13-7-8-15(19)16(11-13)20-6-3/h7-8,11,14,19H,4-6,9-10,12,17H2,1-3H3. The van der Waals surface area contributed by atoms with E-state index in [1.807, 2.05) is 19.1 Å². The molecule has 4 heteroatoms. The Kier molecular flexibility index (Phi) is 7.41. The molecule has 0 aliphatic carbocycles. The Morgan fingerprint density at radius 1 is 1.20 bits per heavy atom. The molecule has 0 amide bonds. The van der Waals surface area contributed by atoms with Gasteiger partial charge in [0.15, 0.2) is 11.5 Å². The molecule has 20 heavy (non-hydrogen) atoms. The van der Waals surface area contributed by atoms with Gasteiger partial charge in [-0.1, -0.05) is 19.9 Å². The minimum atomic E-state index is 0.176. The van der Waals surface area contributed by atoms with Crippen LogP contribution in [0.4, 0.5) is 0 Å². The second-order valence-electron chi connectivity index (χ2n) is 4.95. The van der Waals surface area contributed by atoms with Crippen molar-refractivity contribution in [3.05, 3.63) is 23.8 Å². The van der Waals surface area contributed by atoms with Crippen LogP contribution in [0.5, 0.6) is 11.5 Å². The van der Waals surface area contributed by atoms with Crippen molar-refractivity contribution < 1.29 is 9.84 Å². The Labute approximate surface area is 122 Å². The summed E-state index contributed by atoms with van der Waals surface area (Å²) in [6, 6.07) is 5.72. The van der Waals surface area contributed by atoms with Gasteiger partial charge in [0, 0.05) is 12.6 Å². The summed E-state index contributed by atoms with van der Waals surface area (Å²) in [5, 5.41) is 9.80. The number of aromatic hydroxyl groups is 1. The molecule has 0 heterocycles. The summed E-state index contributed by atoms with van der Waals surface area (Å²) in [7, 11) is 0. The predicted molar refractivity (Wildman–Crippen MR) is 83.2 cm³/mol. The molecule has 3 N–H and O–H groups in total. The van der Waals surface area contributed by atoms with Crippen molar-refractivity contribution in [2.75, 3.05) is 26.2 Å². The number of ether oxygens (including phenoxy) is 1. The van der Waals surface area contributed by atoms with Gasteiger partial charge in [-0.2, -0.15) is 0 Å². The lowest BCUT2D eigenvalue weighted by molar-refractivity contribution is 0.201. The second kappa shape index (κ2) is 8.82. The van der Waals surface area contributed by atoms with Gasteiger partial charge in [0.25, 0.3) is 0 Å². The lowest BCUT2D eigenvalue weighted by Gasteiger charge is -2.31. The van der Waals surface area contributed by atoms with Gasteiger partial charge in [0.05, 0.1) is 6.61 Å². The molecule has 1 aromatic rings. The number of hydrogen-bond donors (Lipinski definition) is 2. The van der Waals surface area contributed by atoms with E-state index in [0.29, 0.717) is 18.9 Å². The number of nitrogens with two attached hydrogens (primary N) is 1. The quantitative estimate of drug-likeness (QED) is 0.730. The molecule has 0 saturated carbocycles. The molecule has 0 aliphatic heterocycles. The lowest BCUT2D eigenvalue weighted by Crippen LogP contribution is -2.35. The first-order chi connectivity index (χ1) is 9.67. The van der Waals surface area contributed by atoms with E-state index in [1.165, 1.54) is 0 Å². The average molecular weight is 280 g/mol. The van der Waals surface area contributed by atoms with Crippen LogP contribution < -0.4 is 10.5 Å². The SMILES string of the molecule is CCCN(CCC)C(CN)c1ccc(O)c(OCC)c1. The van der Waals surface area contributed by atoms with Crippen molar-refractivity contribution in [1.29, 1.82) is 0 Å². The van der Waals surface area contributed by atoms with E-state index in [4.69, 9.17) is 10.5 Å². The second-order valence-corrected chi connectivity index (χ2v) is 4.95. The van der Waals surface area contributed by atoms with Crippen molar-refractivity contribution >= 4 is 0 Å². The molecule has 1 atom stereocenters. The fourth-order valence-corrected chi connectivity index (χ4v) is 2.50. The first kappa shape index (κ1) is 16.8. The fourth-order valence-electron chi connectivity index (χ4n) is 2.50. The van der Waals surface area contributed by atoms with Gasteiger partial charge < -0.3 is 15.6 Å². The summed E-state index contributed by atoms with van der Waals surface area (Å²) >= 11 is 0. The topological polar surface area (TPSA) is 58.7 Å². The Balaban J connectivity index is 3.00. The van der Waals surface area contributed by atoms with E-state index in [1.54, 1.807) is 6.07 Å². The maximum absolute atomic E-state index is 9.80. The third-order valence-corrected chi connectivity index (χ3v) is 3.35. The summed E-state index contributed by atoms with van der Waals surface area (Å²) in [6.07, 6.45) is 2.21. The number of benzene rings is 1. The van der Waals surface area contributed by atoms with E-state index in [-0.39, 0.29) is 11.8 Å². The molecule has 0 aromatic heterocycles. The number of nitrogens with zero attached hydrogens (tertiary/aromatic N) is 1. The van der Waals surface area contributed by atoms with Crippen molar-refractivity contribution in [2.24, 2.45) is 5.73 Å². The Hall–Kier alpha value is -1.26. The van der Waals surface area contributed by atoms with E-state index >= 15 is 0 Å². The number of rotatable bonds is 9. The molecule has 114 valence electrons. The molecule has 0 spiro atoms. The summed E-state index contributed by atoms with van der Waals surface area (Å²) < 4.78 is 5.46. The van der Waals surface area contributed by atoms with Crippen LogP contribution in [0.2, 0.25) is 0 Å². The maximum Gasteiger partial charge on any atom is 0.161 e. The van der Waals surface area contributed by atoms with Gasteiger partial charge in [-0.15, -0.1) is 0 Å². The summed E-state index contributed by atoms with van der Waals surface area (Å²) in [5.74, 6) is 0.723. The van der Waals surface area contributed by atoms with Crippen LogP contribution in [0.25, 0.3) is 0 Å². The van der Waals surface area contributed by atoms with Crippen LogP contribution in [0.15, 0.2) is 18.2 Å². The zero-order chi connectivity index (χ0) is 15.0. The van der Waals surface area contributed by atoms with Gasteiger partial charge in [0.1, 0.15) is 0 Å². The zero-order valence-corrected chi connectivity index (χ0v) is 12.9. The molecule has 1 unspecified atom stereocenters. The van der Waals surface area contributed by atoms with Gasteiger partial charge in [-0.25, -0.2) is 0 Å². The summed E-state index contributed by atoms with van der Waals surface area (Å²) in [5.41, 5.74) is 7.09. The van der Waals surface area contributed by atoms with Crippen LogP contribution in [0.1, 0.15) is 45.2 Å². The highest BCUT2D eigenvalue weighted by molar-refractivity contribution is 5.42. The molecule has 0 aliphatic rings. The molecule has 0 fully saturated rings. The highest BCUT2D eigenvalue weighted by atomic mass is 16.5. The maximum atomic E-state index is 9.80.